The second-order valence-electron chi connectivity index (χ2n) is 3.24. The van der Waals surface area contributed by atoms with Gasteiger partial charge in [-0.25, -0.2) is 4.79 Å². The molecule has 3 nitrogen and oxygen atoms in total. The van der Waals surface area contributed by atoms with E-state index in [9.17, 15) is 9.59 Å². The fourth-order valence-electron chi connectivity index (χ4n) is 0.955. The molecule has 0 spiro atoms. The van der Waals surface area contributed by atoms with Gasteiger partial charge < -0.3 is 4.74 Å². The zero-order chi connectivity index (χ0) is 14.7. The highest BCUT2D eigenvalue weighted by Gasteiger charge is 2.35. The van der Waals surface area contributed by atoms with Crippen molar-refractivity contribution in [1.29, 1.82) is 0 Å². The van der Waals surface area contributed by atoms with Crippen LogP contribution in [0.5, 0.6) is 0 Å². The monoisotopic (exact) mass is 272 g/mol. The second kappa shape index (κ2) is 8.77. The van der Waals surface area contributed by atoms with Crippen LogP contribution in [-0.2, 0) is 14.3 Å². The van der Waals surface area contributed by atoms with Crippen LogP contribution >= 0.6 is 11.8 Å². The van der Waals surface area contributed by atoms with Gasteiger partial charge in [0.05, 0.1) is 6.61 Å². The summed E-state index contributed by atoms with van der Waals surface area (Å²) in [6.45, 7) is 4.76. The Kier molecular flexibility index (Phi) is 7.72. The molecule has 0 aromatic rings. The van der Waals surface area contributed by atoms with Crippen LogP contribution in [0.3, 0.4) is 0 Å². The molecule has 0 aliphatic carbocycles. The van der Waals surface area contributed by atoms with Gasteiger partial charge in [-0.1, -0.05) is 17.7 Å². The number of thioether (sulfide) groups is 1. The molecule has 4 heteroatoms. The summed E-state index contributed by atoms with van der Waals surface area (Å²) < 4.78 is 3.62. The summed E-state index contributed by atoms with van der Waals surface area (Å²) in [6.07, 6.45) is 4.91. The van der Waals surface area contributed by atoms with Crippen molar-refractivity contribution in [3.05, 3.63) is 0 Å². The van der Waals surface area contributed by atoms with E-state index < -0.39 is 10.7 Å². The van der Waals surface area contributed by atoms with Gasteiger partial charge >= 0.3 is 5.97 Å². The number of hydrogen-bond acceptors (Lipinski definition) is 4. The molecule has 0 fully saturated rings. The number of hydrogen-bond donors (Lipinski definition) is 0. The standard InChI is InChI=1S/C15H12O3S/c1-5-7-8-9-10-11-12-15(4,19-13(3)16)14(17)18-6-2/h1H,6H2,2-4H3/t15-/m0/s1. The topological polar surface area (TPSA) is 43.4 Å². The van der Waals surface area contributed by atoms with Crippen LogP contribution < -0.4 is 0 Å². The molecule has 0 aliphatic rings. The number of esters is 1. The van der Waals surface area contributed by atoms with Crippen molar-refractivity contribution in [2.75, 3.05) is 6.61 Å². The van der Waals surface area contributed by atoms with Crippen molar-refractivity contribution in [3.63, 3.8) is 0 Å². The molecule has 0 aliphatic heterocycles. The van der Waals surface area contributed by atoms with E-state index in [2.05, 4.69) is 41.4 Å². The predicted octanol–water partition coefficient (Wildman–Crippen LogP) is 1.23. The summed E-state index contributed by atoms with van der Waals surface area (Å²) in [5.41, 5.74) is 0. The summed E-state index contributed by atoms with van der Waals surface area (Å²) in [4.78, 5) is 22.9. The van der Waals surface area contributed by atoms with Gasteiger partial charge in [0.15, 0.2) is 9.86 Å². The maximum absolute atomic E-state index is 11.8. The Morgan fingerprint density at radius 3 is 2.32 bits per heavy atom. The van der Waals surface area contributed by atoms with E-state index in [0.29, 0.717) is 0 Å². The normalized spacial score (nSPS) is 10.8. The van der Waals surface area contributed by atoms with E-state index in [1.165, 1.54) is 13.8 Å². The highest BCUT2D eigenvalue weighted by molar-refractivity contribution is 8.15. The lowest BCUT2D eigenvalue weighted by atomic mass is 10.2. The molecule has 0 N–H and O–H groups in total. The summed E-state index contributed by atoms with van der Waals surface area (Å²) >= 11 is 0.795. The molecular weight excluding hydrogens is 260 g/mol. The van der Waals surface area contributed by atoms with E-state index in [1.807, 2.05) is 0 Å². The Bertz CT molecular complexity index is 579. The fraction of sp³-hybridized carbons (Fsp3) is 0.333. The van der Waals surface area contributed by atoms with Gasteiger partial charge in [-0.15, -0.1) is 6.42 Å². The summed E-state index contributed by atoms with van der Waals surface area (Å²) in [6, 6.07) is 0. The molecule has 0 saturated heterocycles. The molecular formula is C15H12O3S. The maximum atomic E-state index is 11.8. The van der Waals surface area contributed by atoms with E-state index in [4.69, 9.17) is 11.2 Å². The maximum Gasteiger partial charge on any atom is 0.334 e. The second-order valence-corrected chi connectivity index (χ2v) is 4.84. The number of carbonyl (C=O) groups is 2. The number of carbonyl (C=O) groups excluding carboxylic acids is 2. The van der Waals surface area contributed by atoms with Crippen molar-refractivity contribution in [1.82, 2.24) is 0 Å². The van der Waals surface area contributed by atoms with Crippen molar-refractivity contribution in [2.45, 2.75) is 25.5 Å². The Morgan fingerprint density at radius 2 is 1.79 bits per heavy atom. The zero-order valence-corrected chi connectivity index (χ0v) is 11.7. The lowest BCUT2D eigenvalue weighted by Crippen LogP contribution is -2.33. The molecule has 0 aromatic heterocycles. The van der Waals surface area contributed by atoms with Crippen LogP contribution in [0, 0.1) is 47.9 Å². The molecule has 0 amide bonds. The van der Waals surface area contributed by atoms with Gasteiger partial charge in [0, 0.05) is 6.92 Å². The quantitative estimate of drug-likeness (QED) is 0.572. The number of terminal acetylenes is 1. The van der Waals surface area contributed by atoms with Gasteiger partial charge in [-0.05, 0) is 49.4 Å². The number of ether oxygens (including phenoxy) is 1. The van der Waals surface area contributed by atoms with Crippen molar-refractivity contribution < 1.29 is 14.3 Å². The molecule has 0 rings (SSSR count). The highest BCUT2D eigenvalue weighted by Crippen LogP contribution is 2.26. The average Bonchev–Trinajstić information content (AvgIpc) is 2.33. The third-order valence-electron chi connectivity index (χ3n) is 1.64. The third-order valence-corrected chi connectivity index (χ3v) is 2.60. The van der Waals surface area contributed by atoms with Crippen molar-refractivity contribution in [3.8, 4) is 47.9 Å². The fourth-order valence-corrected chi connectivity index (χ4v) is 1.77. The molecule has 0 aromatic carbocycles. The number of rotatable bonds is 3. The molecule has 0 radical (unpaired) electrons. The first-order valence-corrected chi connectivity index (χ1v) is 6.12. The summed E-state index contributed by atoms with van der Waals surface area (Å²) in [7, 11) is 0. The molecule has 96 valence electrons. The van der Waals surface area contributed by atoms with Crippen LogP contribution in [0.25, 0.3) is 0 Å². The Balaban J connectivity index is 5.11. The SMILES string of the molecule is C#CC#CC#CC#C[C@](C)(SC(C)=O)C(=O)OCC. The van der Waals surface area contributed by atoms with E-state index in [0.717, 1.165) is 11.8 Å². The first-order chi connectivity index (χ1) is 8.96. The first-order valence-electron chi connectivity index (χ1n) is 5.31. The molecule has 0 saturated carbocycles. The lowest BCUT2D eigenvalue weighted by molar-refractivity contribution is -0.144. The van der Waals surface area contributed by atoms with Crippen LogP contribution in [-0.4, -0.2) is 22.4 Å². The van der Waals surface area contributed by atoms with Gasteiger partial charge in [-0.2, -0.15) is 0 Å². The third kappa shape index (κ3) is 6.90. The summed E-state index contributed by atoms with van der Waals surface area (Å²) in [5, 5.41) is -0.232. The van der Waals surface area contributed by atoms with Crippen LogP contribution in [0.15, 0.2) is 0 Å². The lowest BCUT2D eigenvalue weighted by Gasteiger charge is -2.18. The average molecular weight is 272 g/mol. The molecule has 0 unspecified atom stereocenters. The Morgan fingerprint density at radius 1 is 1.21 bits per heavy atom. The molecule has 0 bridgehead atoms. The Labute approximate surface area is 117 Å². The molecule has 1 atom stereocenters. The minimum atomic E-state index is -1.27. The highest BCUT2D eigenvalue weighted by atomic mass is 32.2. The zero-order valence-electron chi connectivity index (χ0n) is 10.9. The van der Waals surface area contributed by atoms with Crippen LogP contribution in [0.2, 0.25) is 0 Å². The molecule has 19 heavy (non-hydrogen) atoms. The van der Waals surface area contributed by atoms with Crippen LogP contribution in [0.1, 0.15) is 20.8 Å². The van der Waals surface area contributed by atoms with Crippen molar-refractivity contribution in [2.24, 2.45) is 0 Å². The van der Waals surface area contributed by atoms with Gasteiger partial charge in [0.2, 0.25) is 0 Å². The van der Waals surface area contributed by atoms with E-state index >= 15 is 0 Å². The molecule has 0 heterocycles. The largest absolute Gasteiger partial charge is 0.464 e. The first kappa shape index (κ1) is 16.7. The van der Waals surface area contributed by atoms with Gasteiger partial charge in [0.1, 0.15) is 0 Å². The summed E-state index contributed by atoms with van der Waals surface area (Å²) in [5.74, 6) is 16.1. The minimum Gasteiger partial charge on any atom is -0.464 e. The van der Waals surface area contributed by atoms with Gasteiger partial charge in [-0.3, -0.25) is 4.79 Å². The smallest absolute Gasteiger partial charge is 0.334 e. The van der Waals surface area contributed by atoms with Gasteiger partial charge in [0.25, 0.3) is 0 Å². The minimum absolute atomic E-state index is 0.216. The van der Waals surface area contributed by atoms with E-state index in [1.54, 1.807) is 6.92 Å². The Hall–Kier alpha value is -2.27. The van der Waals surface area contributed by atoms with Crippen molar-refractivity contribution >= 4 is 22.8 Å². The van der Waals surface area contributed by atoms with E-state index in [-0.39, 0.29) is 11.7 Å². The van der Waals surface area contributed by atoms with Crippen LogP contribution in [0.4, 0.5) is 0 Å². The predicted molar refractivity (Wildman–Crippen MR) is 75.5 cm³/mol.